The van der Waals surface area contributed by atoms with Gasteiger partial charge >= 0.3 is 0 Å². The van der Waals surface area contributed by atoms with E-state index < -0.39 is 0 Å². The monoisotopic (exact) mass is 357 g/mol. The number of nitrogens with two attached hydrogens (primary N) is 1. The van der Waals surface area contributed by atoms with Crippen LogP contribution in [0.2, 0.25) is 0 Å². The SMILES string of the molecule is Cc1cccc(-c2ccc(CN)cc2OCc2ccccc2)c1F.Cl. The van der Waals surface area contributed by atoms with Gasteiger partial charge in [-0.1, -0.05) is 60.7 Å². The van der Waals surface area contributed by atoms with Crippen molar-refractivity contribution < 1.29 is 9.13 Å². The number of rotatable bonds is 5. The molecule has 0 aliphatic carbocycles. The van der Waals surface area contributed by atoms with Crippen molar-refractivity contribution in [2.24, 2.45) is 5.73 Å². The number of hydrogen-bond acceptors (Lipinski definition) is 2. The first-order valence-electron chi connectivity index (χ1n) is 7.94. The smallest absolute Gasteiger partial charge is 0.134 e. The Hall–Kier alpha value is -2.36. The highest BCUT2D eigenvalue weighted by Gasteiger charge is 2.13. The van der Waals surface area contributed by atoms with Crippen LogP contribution in [0, 0.1) is 12.7 Å². The third-order valence-corrected chi connectivity index (χ3v) is 4.00. The molecule has 0 aliphatic rings. The van der Waals surface area contributed by atoms with Gasteiger partial charge < -0.3 is 10.5 Å². The second-order valence-corrected chi connectivity index (χ2v) is 5.75. The zero-order valence-corrected chi connectivity index (χ0v) is 14.9. The van der Waals surface area contributed by atoms with E-state index in [1.165, 1.54) is 0 Å². The quantitative estimate of drug-likeness (QED) is 0.676. The molecule has 0 heterocycles. The Morgan fingerprint density at radius 2 is 1.64 bits per heavy atom. The lowest BCUT2D eigenvalue weighted by atomic mass is 10.00. The first-order valence-corrected chi connectivity index (χ1v) is 7.94. The highest BCUT2D eigenvalue weighted by molar-refractivity contribution is 5.85. The molecule has 3 aromatic rings. The van der Waals surface area contributed by atoms with Gasteiger partial charge in [0.15, 0.2) is 0 Å². The molecular formula is C21H21ClFNO. The first-order chi connectivity index (χ1) is 11.7. The summed E-state index contributed by atoms with van der Waals surface area (Å²) in [5.41, 5.74) is 9.65. The number of benzene rings is 3. The fourth-order valence-corrected chi connectivity index (χ4v) is 2.63. The molecule has 0 aliphatic heterocycles. The van der Waals surface area contributed by atoms with Gasteiger partial charge in [-0.05, 0) is 29.7 Å². The van der Waals surface area contributed by atoms with Gasteiger partial charge in [0.1, 0.15) is 18.2 Å². The molecule has 0 radical (unpaired) electrons. The molecule has 2 N–H and O–H groups in total. The highest BCUT2D eigenvalue weighted by Crippen LogP contribution is 2.34. The summed E-state index contributed by atoms with van der Waals surface area (Å²) in [5, 5.41) is 0. The molecule has 0 bridgehead atoms. The average molecular weight is 358 g/mol. The van der Waals surface area contributed by atoms with E-state index in [-0.39, 0.29) is 18.2 Å². The lowest BCUT2D eigenvalue weighted by Crippen LogP contribution is -2.01. The fraction of sp³-hybridized carbons (Fsp3) is 0.143. The van der Waals surface area contributed by atoms with Crippen LogP contribution in [0.25, 0.3) is 11.1 Å². The summed E-state index contributed by atoms with van der Waals surface area (Å²) in [5.74, 6) is 0.425. The Morgan fingerprint density at radius 1 is 0.880 bits per heavy atom. The molecule has 2 nitrogen and oxygen atoms in total. The Morgan fingerprint density at radius 3 is 2.36 bits per heavy atom. The molecule has 0 unspecified atom stereocenters. The molecule has 130 valence electrons. The van der Waals surface area contributed by atoms with Crippen molar-refractivity contribution in [1.82, 2.24) is 0 Å². The first kappa shape index (κ1) is 19.0. The maximum atomic E-state index is 14.5. The summed E-state index contributed by atoms with van der Waals surface area (Å²) in [6, 6.07) is 21.0. The van der Waals surface area contributed by atoms with E-state index in [0.717, 1.165) is 16.7 Å². The summed E-state index contributed by atoms with van der Waals surface area (Å²) in [4.78, 5) is 0. The molecule has 0 aromatic heterocycles. The molecular weight excluding hydrogens is 337 g/mol. The van der Waals surface area contributed by atoms with Gasteiger partial charge in [0.25, 0.3) is 0 Å². The minimum absolute atomic E-state index is 0. The molecule has 3 rings (SSSR count). The minimum atomic E-state index is -0.220. The van der Waals surface area contributed by atoms with E-state index in [1.54, 1.807) is 19.1 Å². The fourth-order valence-electron chi connectivity index (χ4n) is 2.63. The molecule has 0 atom stereocenters. The minimum Gasteiger partial charge on any atom is -0.488 e. The van der Waals surface area contributed by atoms with E-state index in [1.807, 2.05) is 54.6 Å². The predicted octanol–water partition coefficient (Wildman–Crippen LogP) is 5.26. The molecule has 25 heavy (non-hydrogen) atoms. The van der Waals surface area contributed by atoms with E-state index in [0.29, 0.717) is 30.0 Å². The second-order valence-electron chi connectivity index (χ2n) is 5.75. The zero-order valence-electron chi connectivity index (χ0n) is 14.0. The standard InChI is InChI=1S/C21H20FNO.ClH/c1-15-6-5-9-19(21(15)22)18-11-10-17(13-23)12-20(18)24-14-16-7-3-2-4-8-16;/h2-12H,13-14,23H2,1H3;1H. The van der Waals surface area contributed by atoms with Crippen LogP contribution in [0.3, 0.4) is 0 Å². The van der Waals surface area contributed by atoms with Gasteiger partial charge in [0.2, 0.25) is 0 Å². The Bertz CT molecular complexity index is 837. The maximum absolute atomic E-state index is 14.5. The van der Waals surface area contributed by atoms with Gasteiger partial charge in [-0.2, -0.15) is 0 Å². The van der Waals surface area contributed by atoms with Crippen molar-refractivity contribution in [3.63, 3.8) is 0 Å². The van der Waals surface area contributed by atoms with Gasteiger partial charge in [-0.15, -0.1) is 12.4 Å². The second kappa shape index (κ2) is 8.65. The summed E-state index contributed by atoms with van der Waals surface area (Å²) in [7, 11) is 0. The normalized spacial score (nSPS) is 10.2. The van der Waals surface area contributed by atoms with Crippen molar-refractivity contribution in [3.8, 4) is 16.9 Å². The molecule has 4 heteroatoms. The van der Waals surface area contributed by atoms with Gasteiger partial charge in [-0.3, -0.25) is 0 Å². The largest absolute Gasteiger partial charge is 0.488 e. The van der Waals surface area contributed by atoms with Crippen LogP contribution in [-0.2, 0) is 13.2 Å². The molecule has 0 saturated carbocycles. The van der Waals surface area contributed by atoms with Gasteiger partial charge in [-0.25, -0.2) is 4.39 Å². The van der Waals surface area contributed by atoms with E-state index in [2.05, 4.69) is 0 Å². The zero-order chi connectivity index (χ0) is 16.9. The molecule has 0 fully saturated rings. The lowest BCUT2D eigenvalue weighted by Gasteiger charge is -2.14. The average Bonchev–Trinajstić information content (AvgIpc) is 2.63. The van der Waals surface area contributed by atoms with Crippen LogP contribution in [0.5, 0.6) is 5.75 Å². The number of aryl methyl sites for hydroxylation is 1. The summed E-state index contributed by atoms with van der Waals surface area (Å²) >= 11 is 0. The van der Waals surface area contributed by atoms with Crippen LogP contribution in [0.15, 0.2) is 66.7 Å². The summed E-state index contributed by atoms with van der Waals surface area (Å²) < 4.78 is 20.5. The van der Waals surface area contributed by atoms with E-state index in [9.17, 15) is 4.39 Å². The van der Waals surface area contributed by atoms with E-state index >= 15 is 0 Å². The van der Waals surface area contributed by atoms with E-state index in [4.69, 9.17) is 10.5 Å². The maximum Gasteiger partial charge on any atom is 0.134 e. The Kier molecular flexibility index (Phi) is 6.57. The summed E-state index contributed by atoms with van der Waals surface area (Å²) in [6.07, 6.45) is 0. The summed E-state index contributed by atoms with van der Waals surface area (Å²) in [6.45, 7) is 2.60. The molecule has 0 amide bonds. The lowest BCUT2D eigenvalue weighted by molar-refractivity contribution is 0.307. The third kappa shape index (κ3) is 4.38. The van der Waals surface area contributed by atoms with Crippen LogP contribution in [0.4, 0.5) is 4.39 Å². The number of halogens is 2. The Balaban J connectivity index is 0.00000225. The van der Waals surface area contributed by atoms with Crippen LogP contribution < -0.4 is 10.5 Å². The molecule has 3 aromatic carbocycles. The predicted molar refractivity (Wildman–Crippen MR) is 102 cm³/mol. The van der Waals surface area contributed by atoms with Crippen LogP contribution in [0.1, 0.15) is 16.7 Å². The highest BCUT2D eigenvalue weighted by atomic mass is 35.5. The van der Waals surface area contributed by atoms with Crippen molar-refractivity contribution in [2.45, 2.75) is 20.1 Å². The van der Waals surface area contributed by atoms with Crippen molar-refractivity contribution in [3.05, 3.63) is 89.2 Å². The van der Waals surface area contributed by atoms with Crippen molar-refractivity contribution in [2.75, 3.05) is 0 Å². The number of ether oxygens (including phenoxy) is 1. The van der Waals surface area contributed by atoms with Crippen LogP contribution in [-0.4, -0.2) is 0 Å². The molecule has 0 spiro atoms. The van der Waals surface area contributed by atoms with Crippen molar-refractivity contribution in [1.29, 1.82) is 0 Å². The topological polar surface area (TPSA) is 35.2 Å². The molecule has 0 saturated heterocycles. The van der Waals surface area contributed by atoms with Gasteiger partial charge in [0.05, 0.1) is 0 Å². The van der Waals surface area contributed by atoms with Crippen molar-refractivity contribution >= 4 is 12.4 Å². The third-order valence-electron chi connectivity index (χ3n) is 4.00. The van der Waals surface area contributed by atoms with Crippen LogP contribution >= 0.6 is 12.4 Å². The van der Waals surface area contributed by atoms with Gasteiger partial charge in [0, 0.05) is 17.7 Å². The number of hydrogen-bond donors (Lipinski definition) is 1. The Labute approximate surface area is 153 Å².